The zero-order chi connectivity index (χ0) is 13.1. The Kier molecular flexibility index (Phi) is 3.52. The normalized spacial score (nSPS) is 10.3. The molecule has 0 fully saturated rings. The molecule has 2 aromatic rings. The summed E-state index contributed by atoms with van der Waals surface area (Å²) in [6.45, 7) is 0.373. The van der Waals surface area contributed by atoms with Crippen molar-refractivity contribution in [2.75, 3.05) is 14.2 Å². The van der Waals surface area contributed by atoms with E-state index >= 15 is 0 Å². The Morgan fingerprint density at radius 3 is 2.50 bits per heavy atom. The van der Waals surface area contributed by atoms with Gasteiger partial charge in [-0.2, -0.15) is 0 Å². The lowest BCUT2D eigenvalue weighted by Gasteiger charge is -2.09. The average molecular weight is 267 g/mol. The van der Waals surface area contributed by atoms with Crippen molar-refractivity contribution in [3.63, 3.8) is 0 Å². The molecule has 0 aliphatic carbocycles. The Balaban J connectivity index is 2.36. The first kappa shape index (κ1) is 12.4. The summed E-state index contributed by atoms with van der Waals surface area (Å²) in [7, 11) is 3.14. The lowest BCUT2D eigenvalue weighted by molar-refractivity contribution is 0.354. The Morgan fingerprint density at radius 1 is 1.22 bits per heavy atom. The van der Waals surface area contributed by atoms with Gasteiger partial charge in [-0.3, -0.25) is 9.67 Å². The number of ether oxygens (including phenoxy) is 2. The second-order valence-electron chi connectivity index (χ2n) is 3.64. The molecule has 0 aliphatic rings. The van der Waals surface area contributed by atoms with Crippen molar-refractivity contribution in [3.05, 3.63) is 39.0 Å². The van der Waals surface area contributed by atoms with Crippen molar-refractivity contribution in [1.29, 1.82) is 0 Å². The smallest absolute Gasteiger partial charge is 0.342 e. The van der Waals surface area contributed by atoms with Gasteiger partial charge in [0.05, 0.1) is 20.8 Å². The Hall–Kier alpha value is -2.02. The zero-order valence-electron chi connectivity index (χ0n) is 10.0. The number of benzene rings is 1. The van der Waals surface area contributed by atoms with Gasteiger partial charge in [-0.05, 0) is 29.9 Å². The minimum atomic E-state index is -0.269. The van der Waals surface area contributed by atoms with Gasteiger partial charge in [-0.15, -0.1) is 0 Å². The molecule has 0 saturated carbocycles. The molecule has 0 spiro atoms. The third-order valence-electron chi connectivity index (χ3n) is 2.56. The van der Waals surface area contributed by atoms with Crippen LogP contribution in [-0.4, -0.2) is 29.0 Å². The fourth-order valence-electron chi connectivity index (χ4n) is 1.64. The Morgan fingerprint density at radius 2 is 1.94 bits per heavy atom. The van der Waals surface area contributed by atoms with Crippen molar-refractivity contribution in [2.45, 2.75) is 6.54 Å². The topological polar surface area (TPSA) is 72.0 Å². The SMILES string of the molecule is COc1ccc(Cn2c(=O)[nH][nH]c2=S)cc1OC. The van der Waals surface area contributed by atoms with E-state index < -0.39 is 0 Å². The van der Waals surface area contributed by atoms with Gasteiger partial charge in [-0.1, -0.05) is 6.07 Å². The van der Waals surface area contributed by atoms with E-state index in [0.717, 1.165) is 5.56 Å². The summed E-state index contributed by atoms with van der Waals surface area (Å²) in [5, 5.41) is 5.02. The highest BCUT2D eigenvalue weighted by Gasteiger charge is 2.07. The van der Waals surface area contributed by atoms with Crippen LogP contribution in [0.15, 0.2) is 23.0 Å². The predicted molar refractivity (Wildman–Crippen MR) is 68.9 cm³/mol. The number of aromatic amines is 2. The molecular weight excluding hydrogens is 254 g/mol. The minimum absolute atomic E-state index is 0.269. The Labute approximate surface area is 108 Å². The molecule has 0 radical (unpaired) electrons. The van der Waals surface area contributed by atoms with Gasteiger partial charge in [0, 0.05) is 0 Å². The van der Waals surface area contributed by atoms with Gasteiger partial charge >= 0.3 is 5.69 Å². The van der Waals surface area contributed by atoms with Crippen molar-refractivity contribution >= 4 is 12.2 Å². The summed E-state index contributed by atoms with van der Waals surface area (Å²) in [6.07, 6.45) is 0. The van der Waals surface area contributed by atoms with Gasteiger partial charge in [0.1, 0.15) is 0 Å². The number of H-pyrrole nitrogens is 2. The van der Waals surface area contributed by atoms with Crippen LogP contribution in [0.3, 0.4) is 0 Å². The van der Waals surface area contributed by atoms with Crippen molar-refractivity contribution in [1.82, 2.24) is 14.8 Å². The molecule has 0 amide bonds. The molecule has 0 saturated heterocycles. The lowest BCUT2D eigenvalue weighted by Crippen LogP contribution is -2.17. The first-order valence-electron chi connectivity index (χ1n) is 5.24. The molecule has 7 heteroatoms. The van der Waals surface area contributed by atoms with Crippen LogP contribution < -0.4 is 15.2 Å². The summed E-state index contributed by atoms with van der Waals surface area (Å²) < 4.78 is 12.1. The van der Waals surface area contributed by atoms with Crippen molar-refractivity contribution in [2.24, 2.45) is 0 Å². The number of aromatic nitrogens is 3. The number of hydrogen-bond acceptors (Lipinski definition) is 4. The largest absolute Gasteiger partial charge is 0.493 e. The number of nitrogens with one attached hydrogen (secondary N) is 2. The van der Waals surface area contributed by atoms with E-state index in [1.165, 1.54) is 4.57 Å². The van der Waals surface area contributed by atoms with E-state index in [0.29, 0.717) is 22.8 Å². The van der Waals surface area contributed by atoms with E-state index in [1.807, 2.05) is 12.1 Å². The molecule has 1 aromatic carbocycles. The van der Waals surface area contributed by atoms with Crippen LogP contribution in [0.1, 0.15) is 5.56 Å². The second-order valence-corrected chi connectivity index (χ2v) is 4.02. The summed E-state index contributed by atoms with van der Waals surface area (Å²) in [6, 6.07) is 5.46. The average Bonchev–Trinajstić information content (AvgIpc) is 2.70. The number of rotatable bonds is 4. The molecule has 2 rings (SSSR count). The van der Waals surface area contributed by atoms with Crippen LogP contribution in [0.5, 0.6) is 11.5 Å². The van der Waals surface area contributed by atoms with Crippen LogP contribution >= 0.6 is 12.2 Å². The summed E-state index contributed by atoms with van der Waals surface area (Å²) in [4.78, 5) is 11.5. The van der Waals surface area contributed by atoms with Gasteiger partial charge in [-0.25, -0.2) is 9.89 Å². The molecule has 0 atom stereocenters. The molecule has 1 aromatic heterocycles. The number of methoxy groups -OCH3 is 2. The van der Waals surface area contributed by atoms with E-state index in [1.54, 1.807) is 20.3 Å². The minimum Gasteiger partial charge on any atom is -0.493 e. The van der Waals surface area contributed by atoms with Crippen LogP contribution in [0, 0.1) is 4.77 Å². The van der Waals surface area contributed by atoms with E-state index in [-0.39, 0.29) is 5.69 Å². The molecule has 2 N–H and O–H groups in total. The highest BCUT2D eigenvalue weighted by Crippen LogP contribution is 2.27. The maximum absolute atomic E-state index is 11.5. The van der Waals surface area contributed by atoms with Crippen LogP contribution in [0.4, 0.5) is 0 Å². The monoisotopic (exact) mass is 267 g/mol. The summed E-state index contributed by atoms with van der Waals surface area (Å²) >= 11 is 5.00. The Bertz CT molecular complexity index is 629. The fraction of sp³-hybridized carbons (Fsp3) is 0.273. The van der Waals surface area contributed by atoms with E-state index in [9.17, 15) is 4.79 Å². The molecular formula is C11H13N3O3S. The van der Waals surface area contributed by atoms with Gasteiger partial charge in [0.2, 0.25) is 0 Å². The third kappa shape index (κ3) is 2.30. The fourth-order valence-corrected chi connectivity index (χ4v) is 1.84. The van der Waals surface area contributed by atoms with Crippen molar-refractivity contribution < 1.29 is 9.47 Å². The van der Waals surface area contributed by atoms with Gasteiger partial charge in [0.15, 0.2) is 16.3 Å². The first-order valence-corrected chi connectivity index (χ1v) is 5.65. The molecule has 6 nitrogen and oxygen atoms in total. The van der Waals surface area contributed by atoms with E-state index in [4.69, 9.17) is 21.7 Å². The van der Waals surface area contributed by atoms with Crippen molar-refractivity contribution in [3.8, 4) is 11.5 Å². The molecule has 0 bridgehead atoms. The molecule has 0 aliphatic heterocycles. The summed E-state index contributed by atoms with van der Waals surface area (Å²) in [5.41, 5.74) is 0.628. The predicted octanol–water partition coefficient (Wildman–Crippen LogP) is 1.30. The standard InChI is InChI=1S/C11H13N3O3S/c1-16-8-4-3-7(5-9(8)17-2)6-14-10(15)12-13-11(14)18/h3-5H,6H2,1-2H3,(H,12,15)(H,13,18). The van der Waals surface area contributed by atoms with Crippen LogP contribution in [0.25, 0.3) is 0 Å². The third-order valence-corrected chi connectivity index (χ3v) is 2.88. The van der Waals surface area contributed by atoms with Crippen LogP contribution in [0.2, 0.25) is 0 Å². The highest BCUT2D eigenvalue weighted by molar-refractivity contribution is 7.71. The number of hydrogen-bond donors (Lipinski definition) is 2. The first-order chi connectivity index (χ1) is 8.65. The summed E-state index contributed by atoms with van der Waals surface area (Å²) in [5.74, 6) is 1.27. The second kappa shape index (κ2) is 5.09. The maximum atomic E-state index is 11.5. The molecule has 1 heterocycles. The maximum Gasteiger partial charge on any atom is 0.342 e. The lowest BCUT2D eigenvalue weighted by atomic mass is 10.2. The molecule has 18 heavy (non-hydrogen) atoms. The van der Waals surface area contributed by atoms with Crippen LogP contribution in [-0.2, 0) is 6.54 Å². The molecule has 96 valence electrons. The van der Waals surface area contributed by atoms with Gasteiger partial charge < -0.3 is 9.47 Å². The molecule has 0 unspecified atom stereocenters. The van der Waals surface area contributed by atoms with E-state index in [2.05, 4.69) is 10.2 Å². The van der Waals surface area contributed by atoms with Gasteiger partial charge in [0.25, 0.3) is 0 Å². The number of nitrogens with zero attached hydrogens (tertiary/aromatic N) is 1. The zero-order valence-corrected chi connectivity index (χ0v) is 10.8. The quantitative estimate of drug-likeness (QED) is 0.819. The highest BCUT2D eigenvalue weighted by atomic mass is 32.1.